The average molecular weight is 256 g/mol. The summed E-state index contributed by atoms with van der Waals surface area (Å²) in [6.45, 7) is 3.55. The van der Waals surface area contributed by atoms with E-state index in [0.29, 0.717) is 25.3 Å². The summed E-state index contributed by atoms with van der Waals surface area (Å²) in [7, 11) is 0. The van der Waals surface area contributed by atoms with Crippen LogP contribution in [0, 0.1) is 11.8 Å². The Bertz CT molecular complexity index is 281. The van der Waals surface area contributed by atoms with Gasteiger partial charge in [-0.05, 0) is 37.5 Å². The molecule has 1 fully saturated rings. The molecule has 0 saturated heterocycles. The number of hydrogen-bond acceptors (Lipinski definition) is 2. The summed E-state index contributed by atoms with van der Waals surface area (Å²) in [5.74, 6) is 0.628. The van der Waals surface area contributed by atoms with E-state index in [-0.39, 0.29) is 12.5 Å². The first-order chi connectivity index (χ1) is 8.58. The minimum absolute atomic E-state index is 0.134. The number of unbranched alkanes of at least 4 members (excludes halogenated alkanes) is 1. The Morgan fingerprint density at radius 3 is 2.61 bits per heavy atom. The van der Waals surface area contributed by atoms with Gasteiger partial charge in [0.05, 0.1) is 0 Å². The van der Waals surface area contributed by atoms with Gasteiger partial charge >= 0.3 is 12.0 Å². The molecule has 0 bridgehead atoms. The van der Waals surface area contributed by atoms with E-state index in [2.05, 4.69) is 17.6 Å². The fraction of sp³-hybridized carbons (Fsp3) is 0.846. The smallest absolute Gasteiger partial charge is 0.314 e. The van der Waals surface area contributed by atoms with Gasteiger partial charge in [0.2, 0.25) is 0 Å². The number of carboxylic acids is 1. The number of carboxylic acid groups (broad SMARTS) is 1. The Hall–Kier alpha value is -1.26. The first-order valence-electron chi connectivity index (χ1n) is 6.81. The summed E-state index contributed by atoms with van der Waals surface area (Å²) >= 11 is 0. The quantitative estimate of drug-likeness (QED) is 0.609. The topological polar surface area (TPSA) is 78.4 Å². The normalized spacial score (nSPS) is 22.7. The van der Waals surface area contributed by atoms with E-state index in [9.17, 15) is 9.59 Å². The number of rotatable bonds is 7. The molecule has 2 atom stereocenters. The van der Waals surface area contributed by atoms with E-state index in [1.165, 1.54) is 19.3 Å². The van der Waals surface area contributed by atoms with E-state index in [4.69, 9.17) is 5.11 Å². The third kappa shape index (κ3) is 6.47. The second kappa shape index (κ2) is 7.95. The molecule has 18 heavy (non-hydrogen) atoms. The van der Waals surface area contributed by atoms with Crippen LogP contribution in [0.25, 0.3) is 0 Å². The van der Waals surface area contributed by atoms with Gasteiger partial charge in [-0.25, -0.2) is 4.79 Å². The van der Waals surface area contributed by atoms with Crippen molar-refractivity contribution >= 4 is 12.0 Å². The van der Waals surface area contributed by atoms with Gasteiger partial charge in [0, 0.05) is 19.5 Å². The van der Waals surface area contributed by atoms with Crippen LogP contribution in [0.2, 0.25) is 0 Å². The van der Waals surface area contributed by atoms with Gasteiger partial charge in [0.1, 0.15) is 0 Å². The molecule has 1 saturated carbocycles. The Labute approximate surface area is 108 Å². The third-order valence-electron chi connectivity index (χ3n) is 3.46. The Morgan fingerprint density at radius 2 is 2.00 bits per heavy atom. The van der Waals surface area contributed by atoms with Crippen LogP contribution < -0.4 is 10.6 Å². The molecule has 0 heterocycles. The van der Waals surface area contributed by atoms with E-state index >= 15 is 0 Å². The number of amides is 2. The van der Waals surface area contributed by atoms with Crippen molar-refractivity contribution in [3.63, 3.8) is 0 Å². The minimum atomic E-state index is -0.783. The minimum Gasteiger partial charge on any atom is -0.481 e. The van der Waals surface area contributed by atoms with Gasteiger partial charge in [0.15, 0.2) is 0 Å². The third-order valence-corrected chi connectivity index (χ3v) is 3.46. The first kappa shape index (κ1) is 14.8. The number of hydrogen-bond donors (Lipinski definition) is 3. The number of carbonyl (C=O) groups excluding carboxylic acids is 1. The average Bonchev–Trinajstić information content (AvgIpc) is 2.71. The van der Waals surface area contributed by atoms with Crippen molar-refractivity contribution in [2.24, 2.45) is 11.8 Å². The van der Waals surface area contributed by atoms with Gasteiger partial charge in [-0.1, -0.05) is 13.3 Å². The molecule has 5 nitrogen and oxygen atoms in total. The fourth-order valence-electron chi connectivity index (χ4n) is 2.41. The predicted molar refractivity (Wildman–Crippen MR) is 69.4 cm³/mol. The fourth-order valence-corrected chi connectivity index (χ4v) is 2.41. The Kier molecular flexibility index (Phi) is 6.54. The van der Waals surface area contributed by atoms with Gasteiger partial charge in [-0.3, -0.25) is 4.79 Å². The highest BCUT2D eigenvalue weighted by atomic mass is 16.4. The van der Waals surface area contributed by atoms with Crippen LogP contribution in [0.4, 0.5) is 4.79 Å². The van der Waals surface area contributed by atoms with E-state index in [1.54, 1.807) is 0 Å². The van der Waals surface area contributed by atoms with Gasteiger partial charge in [-0.15, -0.1) is 0 Å². The highest BCUT2D eigenvalue weighted by Gasteiger charge is 2.21. The first-order valence-corrected chi connectivity index (χ1v) is 6.81. The molecular formula is C13H24N2O3. The molecule has 5 heteroatoms. The summed E-state index contributed by atoms with van der Waals surface area (Å²) in [6.07, 6.45) is 5.17. The van der Waals surface area contributed by atoms with Crippen LogP contribution in [0.15, 0.2) is 0 Å². The second-order valence-corrected chi connectivity index (χ2v) is 5.27. The lowest BCUT2D eigenvalue weighted by Crippen LogP contribution is -2.38. The van der Waals surface area contributed by atoms with E-state index < -0.39 is 5.97 Å². The van der Waals surface area contributed by atoms with Gasteiger partial charge < -0.3 is 15.7 Å². The van der Waals surface area contributed by atoms with Crippen LogP contribution >= 0.6 is 0 Å². The molecule has 0 aromatic carbocycles. The maximum absolute atomic E-state index is 11.4. The van der Waals surface area contributed by atoms with Crippen LogP contribution in [0.5, 0.6) is 0 Å². The van der Waals surface area contributed by atoms with Crippen molar-refractivity contribution in [2.45, 2.75) is 45.4 Å². The Balaban J connectivity index is 1.95. The summed E-state index contributed by atoms with van der Waals surface area (Å²) in [4.78, 5) is 21.7. The molecule has 3 N–H and O–H groups in total. The highest BCUT2D eigenvalue weighted by Crippen LogP contribution is 2.29. The lowest BCUT2D eigenvalue weighted by molar-refractivity contribution is -0.137. The molecule has 1 rings (SSSR count). The van der Waals surface area contributed by atoms with E-state index in [0.717, 1.165) is 12.5 Å². The van der Waals surface area contributed by atoms with Gasteiger partial charge in [-0.2, -0.15) is 0 Å². The van der Waals surface area contributed by atoms with Gasteiger partial charge in [0.25, 0.3) is 0 Å². The largest absolute Gasteiger partial charge is 0.481 e. The molecular weight excluding hydrogens is 232 g/mol. The zero-order valence-electron chi connectivity index (χ0n) is 11.1. The second-order valence-electron chi connectivity index (χ2n) is 5.27. The zero-order valence-corrected chi connectivity index (χ0v) is 11.1. The van der Waals surface area contributed by atoms with Crippen LogP contribution in [-0.4, -0.2) is 30.2 Å². The molecule has 0 aromatic heterocycles. The molecule has 1 aliphatic rings. The van der Waals surface area contributed by atoms with Crippen molar-refractivity contribution in [1.29, 1.82) is 0 Å². The van der Waals surface area contributed by atoms with Crippen LogP contribution in [0.1, 0.15) is 45.4 Å². The van der Waals surface area contributed by atoms with Crippen LogP contribution in [0.3, 0.4) is 0 Å². The number of urea groups is 1. The molecule has 0 aliphatic heterocycles. The number of aliphatic carboxylic acids is 1. The van der Waals surface area contributed by atoms with Crippen molar-refractivity contribution in [2.75, 3.05) is 13.1 Å². The van der Waals surface area contributed by atoms with E-state index in [1.807, 2.05) is 0 Å². The molecule has 2 amide bonds. The van der Waals surface area contributed by atoms with Crippen molar-refractivity contribution in [3.8, 4) is 0 Å². The Morgan fingerprint density at radius 1 is 1.22 bits per heavy atom. The molecule has 2 unspecified atom stereocenters. The number of nitrogens with one attached hydrogen (secondary N) is 2. The molecule has 0 aromatic rings. The van der Waals surface area contributed by atoms with Crippen molar-refractivity contribution < 1.29 is 14.7 Å². The maximum Gasteiger partial charge on any atom is 0.314 e. The standard InChI is InChI=1S/C13H24N2O3/c1-10-5-6-11(8-10)9-15-13(18)14-7-3-2-4-12(16)17/h10-11H,2-9H2,1H3,(H,16,17)(H2,14,15,18). The monoisotopic (exact) mass is 256 g/mol. The summed E-state index contributed by atoms with van der Waals surface area (Å²) in [5, 5.41) is 14.1. The maximum atomic E-state index is 11.4. The lowest BCUT2D eigenvalue weighted by atomic mass is 10.1. The molecule has 0 spiro atoms. The van der Waals surface area contributed by atoms with Crippen molar-refractivity contribution in [1.82, 2.24) is 10.6 Å². The lowest BCUT2D eigenvalue weighted by Gasteiger charge is -2.11. The summed E-state index contributed by atoms with van der Waals surface area (Å²) < 4.78 is 0. The highest BCUT2D eigenvalue weighted by molar-refractivity contribution is 5.73. The predicted octanol–water partition coefficient (Wildman–Crippen LogP) is 1.98. The number of carbonyl (C=O) groups is 2. The molecule has 0 radical (unpaired) electrons. The molecule has 104 valence electrons. The van der Waals surface area contributed by atoms with Crippen molar-refractivity contribution in [3.05, 3.63) is 0 Å². The van der Waals surface area contributed by atoms with Crippen LogP contribution in [-0.2, 0) is 4.79 Å². The summed E-state index contributed by atoms with van der Waals surface area (Å²) in [5.41, 5.74) is 0. The zero-order chi connectivity index (χ0) is 13.4. The SMILES string of the molecule is CC1CCC(CNC(=O)NCCCCC(=O)O)C1. The molecule has 1 aliphatic carbocycles. The summed E-state index contributed by atoms with van der Waals surface area (Å²) in [6, 6.07) is -0.134.